The predicted molar refractivity (Wildman–Crippen MR) is 35.5 cm³/mol. The van der Waals surface area contributed by atoms with Crippen molar-refractivity contribution in [2.75, 3.05) is 0 Å². The summed E-state index contributed by atoms with van der Waals surface area (Å²) >= 11 is 3.03. The van der Waals surface area contributed by atoms with Gasteiger partial charge in [0.1, 0.15) is 0 Å². The fraction of sp³-hybridized carbons (Fsp3) is 0. The number of hydrogen-bond acceptors (Lipinski definition) is 0. The fourth-order valence-corrected chi connectivity index (χ4v) is 0.852. The third-order valence-corrected chi connectivity index (χ3v) is 1.49. The average Bonchev–Trinajstić information content (AvgIpc) is 1.79. The van der Waals surface area contributed by atoms with Crippen molar-refractivity contribution in [3.8, 4) is 0 Å². The molecule has 53 valence electrons. The molecule has 1 aliphatic carbocycles. The van der Waals surface area contributed by atoms with E-state index in [1.807, 2.05) is 42.5 Å². The molecule has 0 saturated carbocycles. The van der Waals surface area contributed by atoms with Crippen LogP contribution in [0.3, 0.4) is 0 Å². The molecule has 0 spiro atoms. The molecule has 1 heteroatoms. The van der Waals surface area contributed by atoms with E-state index in [9.17, 15) is 0 Å². The van der Waals surface area contributed by atoms with E-state index in [1.54, 1.807) is 0 Å². The molecule has 0 aromatic heterocycles. The second-order valence-electron chi connectivity index (χ2n) is 1.62. The van der Waals surface area contributed by atoms with Crippen LogP contribution in [0.1, 0.15) is 0 Å². The topological polar surface area (TPSA) is 0 Å². The van der Waals surface area contributed by atoms with Crippen LogP contribution in [-0.2, 0) is 0 Å². The van der Waals surface area contributed by atoms with Crippen LogP contribution in [0.15, 0.2) is 42.9 Å². The van der Waals surface area contributed by atoms with Gasteiger partial charge < -0.3 is 0 Å². The van der Waals surface area contributed by atoms with Crippen LogP contribution >= 0.6 is 0 Å². The van der Waals surface area contributed by atoms with Gasteiger partial charge in [0.15, 0.2) is 0 Å². The van der Waals surface area contributed by atoms with Crippen LogP contribution in [-0.4, -0.2) is 0 Å². The van der Waals surface area contributed by atoms with E-state index < -0.39 is 0 Å². The van der Waals surface area contributed by atoms with Gasteiger partial charge in [0.05, 0.1) is 0 Å². The summed E-state index contributed by atoms with van der Waals surface area (Å²) in [5, 5.41) is 0. The van der Waals surface area contributed by atoms with E-state index in [-0.39, 0.29) is 0 Å². The van der Waals surface area contributed by atoms with E-state index >= 15 is 0 Å². The first-order chi connectivity index (χ1) is 4.39. The van der Waals surface area contributed by atoms with Crippen molar-refractivity contribution in [2.45, 2.75) is 0 Å². The Labute approximate surface area is 86.2 Å². The first-order valence-corrected chi connectivity index (χ1v) is 3.57. The van der Waals surface area contributed by atoms with E-state index in [0.717, 1.165) is 0.331 Å². The Bertz CT molecular complexity index is 195. The second kappa shape index (κ2) is 4.32. The van der Waals surface area contributed by atoms with Crippen molar-refractivity contribution in [3.05, 3.63) is 42.9 Å². The first-order valence-electron chi connectivity index (χ1n) is 2.71. The molecule has 0 aliphatic heterocycles. The molecule has 0 unspecified atom stereocenters. The van der Waals surface area contributed by atoms with Crippen LogP contribution in [0.4, 0.5) is 0 Å². The summed E-state index contributed by atoms with van der Waals surface area (Å²) in [5.74, 6) is 0. The van der Waals surface area contributed by atoms with Gasteiger partial charge in [-0.3, -0.25) is 0 Å². The molecular formula is C8H7Yb. The van der Waals surface area contributed by atoms with E-state index in [0.29, 0.717) is 0 Å². The number of allylic oxidation sites excluding steroid dienone is 8. The minimum atomic E-state index is 1.15. The summed E-state index contributed by atoms with van der Waals surface area (Å²) in [6.45, 7) is 0. The second-order valence-corrected chi connectivity index (χ2v) is 2.61. The van der Waals surface area contributed by atoms with E-state index in [4.69, 9.17) is 0 Å². The third-order valence-electron chi connectivity index (χ3n) is 0.918. The average molecular weight is 276 g/mol. The SMILES string of the molecule is [Yb][C]1=CC=CC=CC=C1. The van der Waals surface area contributed by atoms with E-state index in [2.05, 4.69) is 44.6 Å². The monoisotopic (exact) mass is 277 g/mol. The summed E-state index contributed by atoms with van der Waals surface area (Å²) in [6, 6.07) is 0. The third kappa shape index (κ3) is 3.24. The van der Waals surface area contributed by atoms with Gasteiger partial charge in [-0.05, 0) is 0 Å². The molecule has 0 bridgehead atoms. The summed E-state index contributed by atoms with van der Waals surface area (Å²) in [6.07, 6.45) is 14.0. The van der Waals surface area contributed by atoms with Crippen molar-refractivity contribution < 1.29 is 44.6 Å². The molecule has 9 heavy (non-hydrogen) atoms. The molecule has 0 radical (unpaired) electrons. The molecule has 0 N–H and O–H groups in total. The molecule has 0 fully saturated rings. The molecule has 0 atom stereocenters. The number of rotatable bonds is 0. The Kier molecular flexibility index (Phi) is 3.64. The molecule has 0 saturated heterocycles. The minimum absolute atomic E-state index is 1.15. The molecular weight excluding hydrogens is 269 g/mol. The maximum absolute atomic E-state index is 3.03. The zero-order chi connectivity index (χ0) is 6.53. The van der Waals surface area contributed by atoms with Crippen molar-refractivity contribution in [1.29, 1.82) is 0 Å². The molecule has 0 aromatic rings. The zero-order valence-corrected chi connectivity index (χ0v) is 6.52. The van der Waals surface area contributed by atoms with Gasteiger partial charge in [-0.25, -0.2) is 0 Å². The Balaban J connectivity index is 2.77. The predicted octanol–water partition coefficient (Wildman–Crippen LogP) is 2.10. The van der Waals surface area contributed by atoms with Crippen LogP contribution in [0.2, 0.25) is 0 Å². The van der Waals surface area contributed by atoms with Gasteiger partial charge in [-0.1, -0.05) is 0 Å². The number of hydrogen-bond donors (Lipinski definition) is 0. The van der Waals surface area contributed by atoms with Crippen molar-refractivity contribution in [2.24, 2.45) is 0 Å². The van der Waals surface area contributed by atoms with E-state index in [1.165, 1.54) is 0 Å². The van der Waals surface area contributed by atoms with Crippen molar-refractivity contribution in [1.82, 2.24) is 0 Å². The van der Waals surface area contributed by atoms with Gasteiger partial charge in [-0.2, -0.15) is 0 Å². The van der Waals surface area contributed by atoms with Crippen molar-refractivity contribution >= 4 is 0 Å². The molecule has 1 aliphatic rings. The Morgan fingerprint density at radius 3 is 2.44 bits per heavy atom. The van der Waals surface area contributed by atoms with Crippen LogP contribution in [0.25, 0.3) is 0 Å². The van der Waals surface area contributed by atoms with Gasteiger partial charge in [0.2, 0.25) is 0 Å². The van der Waals surface area contributed by atoms with Gasteiger partial charge in [0, 0.05) is 0 Å². The summed E-state index contributed by atoms with van der Waals surface area (Å²) in [7, 11) is 0. The summed E-state index contributed by atoms with van der Waals surface area (Å²) in [4.78, 5) is 0. The van der Waals surface area contributed by atoms with Crippen LogP contribution < -0.4 is 0 Å². The quantitative estimate of drug-likeness (QED) is 0.635. The maximum atomic E-state index is 3.03. The Morgan fingerprint density at radius 2 is 1.56 bits per heavy atom. The van der Waals surface area contributed by atoms with Gasteiger partial charge in [-0.15, -0.1) is 0 Å². The van der Waals surface area contributed by atoms with Crippen LogP contribution in [0.5, 0.6) is 0 Å². The molecule has 1 rings (SSSR count). The molecule has 0 aromatic carbocycles. The standard InChI is InChI=1S/C8H7.Yb/c1-2-4-6-8-7-5-3-1;/h1-7H;. The zero-order valence-electron chi connectivity index (χ0n) is 4.81. The van der Waals surface area contributed by atoms with Crippen LogP contribution in [0, 0.1) is 44.6 Å². The van der Waals surface area contributed by atoms with Gasteiger partial charge >= 0.3 is 87.5 Å². The first kappa shape index (κ1) is 7.58. The van der Waals surface area contributed by atoms with Crippen molar-refractivity contribution in [3.63, 3.8) is 0 Å². The molecule has 0 heterocycles. The molecule has 0 amide bonds. The van der Waals surface area contributed by atoms with Gasteiger partial charge in [0.25, 0.3) is 0 Å². The fourth-order valence-electron chi connectivity index (χ4n) is 0.522. The summed E-state index contributed by atoms with van der Waals surface area (Å²) < 4.78 is 1.15. The summed E-state index contributed by atoms with van der Waals surface area (Å²) in [5.41, 5.74) is 0. The Morgan fingerprint density at radius 1 is 0.889 bits per heavy atom. The molecule has 0 nitrogen and oxygen atoms in total. The normalized spacial score (nSPS) is 16.9. The Hall–Kier alpha value is 0.479.